The molecule has 7 heteroatoms. The SMILES string of the molecule is Cc1[nH]nc(C(=O)Nc2cccc3cc(Br)cnc23)c1N. The molecule has 1 amide bonds. The van der Waals surface area contributed by atoms with Gasteiger partial charge in [0.1, 0.15) is 0 Å². The molecule has 1 aromatic carbocycles. The topological polar surface area (TPSA) is 96.7 Å². The van der Waals surface area contributed by atoms with Crippen LogP contribution >= 0.6 is 15.9 Å². The molecular formula is C14H12BrN5O. The minimum atomic E-state index is -0.367. The quantitative estimate of drug-likeness (QED) is 0.665. The van der Waals surface area contributed by atoms with E-state index < -0.39 is 0 Å². The van der Waals surface area contributed by atoms with Crippen molar-refractivity contribution in [3.63, 3.8) is 0 Å². The third kappa shape index (κ3) is 2.47. The molecule has 0 atom stereocenters. The van der Waals surface area contributed by atoms with Crippen LogP contribution in [-0.4, -0.2) is 21.1 Å². The van der Waals surface area contributed by atoms with Crippen molar-refractivity contribution in [1.29, 1.82) is 0 Å². The lowest BCUT2D eigenvalue weighted by atomic mass is 10.2. The summed E-state index contributed by atoms with van der Waals surface area (Å²) in [5.41, 5.74) is 8.34. The van der Waals surface area contributed by atoms with Gasteiger partial charge in [-0.15, -0.1) is 0 Å². The van der Waals surface area contributed by atoms with Crippen molar-refractivity contribution in [3.05, 3.63) is 46.3 Å². The lowest BCUT2D eigenvalue weighted by Crippen LogP contribution is -2.14. The molecular weight excluding hydrogens is 334 g/mol. The third-order valence-corrected chi connectivity index (χ3v) is 3.57. The summed E-state index contributed by atoms with van der Waals surface area (Å²) in [6, 6.07) is 7.50. The Morgan fingerprint density at radius 3 is 2.95 bits per heavy atom. The summed E-state index contributed by atoms with van der Waals surface area (Å²) in [7, 11) is 0. The number of aromatic amines is 1. The van der Waals surface area contributed by atoms with Crippen LogP contribution in [0, 0.1) is 6.92 Å². The van der Waals surface area contributed by atoms with Crippen LogP contribution in [0.1, 0.15) is 16.2 Å². The van der Waals surface area contributed by atoms with Crippen molar-refractivity contribution in [2.45, 2.75) is 6.92 Å². The minimum absolute atomic E-state index is 0.182. The number of pyridine rings is 1. The Morgan fingerprint density at radius 2 is 2.24 bits per heavy atom. The fourth-order valence-electron chi connectivity index (χ4n) is 2.03. The highest BCUT2D eigenvalue weighted by molar-refractivity contribution is 9.10. The Hall–Kier alpha value is -2.41. The van der Waals surface area contributed by atoms with Crippen LogP contribution in [0.3, 0.4) is 0 Å². The summed E-state index contributed by atoms with van der Waals surface area (Å²) in [5.74, 6) is -0.367. The number of halogens is 1. The van der Waals surface area contributed by atoms with Crippen LogP contribution in [0.25, 0.3) is 10.9 Å². The molecule has 4 N–H and O–H groups in total. The van der Waals surface area contributed by atoms with Crippen LogP contribution in [0.4, 0.5) is 11.4 Å². The molecule has 106 valence electrons. The number of aromatic nitrogens is 3. The number of rotatable bonds is 2. The molecule has 0 bridgehead atoms. The van der Waals surface area contributed by atoms with Crippen LogP contribution < -0.4 is 11.1 Å². The molecule has 0 aliphatic heterocycles. The van der Waals surface area contributed by atoms with Gasteiger partial charge in [0.15, 0.2) is 5.69 Å². The van der Waals surface area contributed by atoms with Gasteiger partial charge in [0.2, 0.25) is 0 Å². The van der Waals surface area contributed by atoms with E-state index in [2.05, 4.69) is 36.4 Å². The van der Waals surface area contributed by atoms with E-state index in [9.17, 15) is 4.79 Å². The highest BCUT2D eigenvalue weighted by Gasteiger charge is 2.16. The highest BCUT2D eigenvalue weighted by Crippen LogP contribution is 2.24. The molecule has 21 heavy (non-hydrogen) atoms. The van der Waals surface area contributed by atoms with E-state index in [0.29, 0.717) is 22.6 Å². The van der Waals surface area contributed by atoms with E-state index in [1.807, 2.05) is 18.2 Å². The summed E-state index contributed by atoms with van der Waals surface area (Å²) < 4.78 is 0.880. The van der Waals surface area contributed by atoms with Crippen molar-refractivity contribution in [2.75, 3.05) is 11.1 Å². The maximum atomic E-state index is 12.2. The Kier molecular flexibility index (Phi) is 3.34. The van der Waals surface area contributed by atoms with Crippen molar-refractivity contribution in [1.82, 2.24) is 15.2 Å². The second-order valence-electron chi connectivity index (χ2n) is 4.60. The van der Waals surface area contributed by atoms with E-state index in [0.717, 1.165) is 9.86 Å². The van der Waals surface area contributed by atoms with Crippen LogP contribution in [0.2, 0.25) is 0 Å². The van der Waals surface area contributed by atoms with Crippen molar-refractivity contribution >= 4 is 44.1 Å². The van der Waals surface area contributed by atoms with Crippen molar-refractivity contribution < 1.29 is 4.79 Å². The lowest BCUT2D eigenvalue weighted by molar-refractivity contribution is 0.102. The first kappa shape index (κ1) is 13.6. The van der Waals surface area contributed by atoms with E-state index in [1.54, 1.807) is 19.2 Å². The number of fused-ring (bicyclic) bond motifs is 1. The largest absolute Gasteiger partial charge is 0.395 e. The zero-order valence-corrected chi connectivity index (χ0v) is 12.7. The molecule has 0 aliphatic rings. The zero-order valence-electron chi connectivity index (χ0n) is 11.1. The fourth-order valence-corrected chi connectivity index (χ4v) is 2.38. The van der Waals surface area contributed by atoms with Gasteiger partial charge in [-0.1, -0.05) is 12.1 Å². The number of aryl methyl sites for hydroxylation is 1. The Balaban J connectivity index is 1.98. The molecule has 0 unspecified atom stereocenters. The van der Waals surface area contributed by atoms with Gasteiger partial charge in [0.05, 0.1) is 22.6 Å². The number of carbonyl (C=O) groups excluding carboxylic acids is 1. The zero-order chi connectivity index (χ0) is 15.0. The molecule has 0 aliphatic carbocycles. The van der Waals surface area contributed by atoms with Gasteiger partial charge >= 0.3 is 0 Å². The summed E-state index contributed by atoms with van der Waals surface area (Å²) in [5, 5.41) is 10.3. The number of benzene rings is 1. The number of nitrogen functional groups attached to an aromatic ring is 1. The van der Waals surface area contributed by atoms with E-state index in [4.69, 9.17) is 5.73 Å². The molecule has 2 heterocycles. The molecule has 3 aromatic rings. The number of anilines is 2. The van der Waals surface area contributed by atoms with Crippen LogP contribution in [-0.2, 0) is 0 Å². The maximum Gasteiger partial charge on any atom is 0.278 e. The molecule has 3 rings (SSSR count). The van der Waals surface area contributed by atoms with Gasteiger partial charge in [-0.05, 0) is 35.0 Å². The van der Waals surface area contributed by atoms with Gasteiger partial charge in [0.25, 0.3) is 5.91 Å². The van der Waals surface area contributed by atoms with E-state index in [1.165, 1.54) is 0 Å². The van der Waals surface area contributed by atoms with Gasteiger partial charge < -0.3 is 11.1 Å². The first-order valence-electron chi connectivity index (χ1n) is 6.22. The highest BCUT2D eigenvalue weighted by atomic mass is 79.9. The molecule has 0 radical (unpaired) electrons. The van der Waals surface area contributed by atoms with Gasteiger partial charge in [-0.25, -0.2) is 0 Å². The number of hydrogen-bond acceptors (Lipinski definition) is 4. The number of nitrogens with two attached hydrogens (primary N) is 1. The normalized spacial score (nSPS) is 10.8. The molecule has 2 aromatic heterocycles. The van der Waals surface area contributed by atoms with Gasteiger partial charge in [-0.3, -0.25) is 14.9 Å². The number of para-hydroxylation sites is 1. The average Bonchev–Trinajstić information content (AvgIpc) is 2.79. The Morgan fingerprint density at radius 1 is 1.43 bits per heavy atom. The summed E-state index contributed by atoms with van der Waals surface area (Å²) in [4.78, 5) is 16.6. The van der Waals surface area contributed by atoms with Crippen LogP contribution in [0.15, 0.2) is 34.9 Å². The first-order valence-corrected chi connectivity index (χ1v) is 7.01. The second kappa shape index (κ2) is 5.17. The number of H-pyrrole nitrogens is 1. The minimum Gasteiger partial charge on any atom is -0.395 e. The standard InChI is InChI=1S/C14H12BrN5O/c1-7-11(16)13(20-19-7)14(21)18-10-4-2-3-8-5-9(15)6-17-12(8)10/h2-6H,16H2,1H3,(H,18,21)(H,19,20). The summed E-state index contributed by atoms with van der Waals surface area (Å²) in [6.45, 7) is 1.76. The molecule has 0 saturated heterocycles. The molecule has 0 fully saturated rings. The third-order valence-electron chi connectivity index (χ3n) is 3.14. The summed E-state index contributed by atoms with van der Waals surface area (Å²) >= 11 is 3.38. The van der Waals surface area contributed by atoms with Crippen molar-refractivity contribution in [3.8, 4) is 0 Å². The molecule has 0 spiro atoms. The molecule has 0 saturated carbocycles. The van der Waals surface area contributed by atoms with E-state index >= 15 is 0 Å². The number of nitrogens with one attached hydrogen (secondary N) is 2. The average molecular weight is 346 g/mol. The second-order valence-corrected chi connectivity index (χ2v) is 5.51. The first-order chi connectivity index (χ1) is 10.1. The van der Waals surface area contributed by atoms with Gasteiger partial charge in [-0.2, -0.15) is 5.10 Å². The monoisotopic (exact) mass is 345 g/mol. The summed E-state index contributed by atoms with van der Waals surface area (Å²) in [6.07, 6.45) is 1.69. The predicted octanol–water partition coefficient (Wildman–Crippen LogP) is 2.86. The number of carbonyl (C=O) groups is 1. The predicted molar refractivity (Wildman–Crippen MR) is 85.1 cm³/mol. The van der Waals surface area contributed by atoms with Crippen molar-refractivity contribution in [2.24, 2.45) is 0 Å². The number of nitrogens with zero attached hydrogens (tertiary/aromatic N) is 2. The van der Waals surface area contributed by atoms with Crippen LogP contribution in [0.5, 0.6) is 0 Å². The number of amides is 1. The maximum absolute atomic E-state index is 12.2. The fraction of sp³-hybridized carbons (Fsp3) is 0.0714. The van der Waals surface area contributed by atoms with Gasteiger partial charge in [0, 0.05) is 16.1 Å². The number of hydrogen-bond donors (Lipinski definition) is 3. The Bertz CT molecular complexity index is 842. The van der Waals surface area contributed by atoms with E-state index in [-0.39, 0.29) is 11.6 Å². The Labute approximate surface area is 128 Å². The molecule has 6 nitrogen and oxygen atoms in total. The lowest BCUT2D eigenvalue weighted by Gasteiger charge is -2.07. The smallest absolute Gasteiger partial charge is 0.278 e.